The summed E-state index contributed by atoms with van der Waals surface area (Å²) in [5, 5.41) is 0. The highest BCUT2D eigenvalue weighted by Gasteiger charge is 2.08. The molecule has 0 aliphatic rings. The highest BCUT2D eigenvalue weighted by molar-refractivity contribution is 6.08. The second-order valence-electron chi connectivity index (χ2n) is 9.56. The number of unbranched alkanes of at least 4 members (excludes halogenated alkanes) is 12. The number of carbonyl (C=O) groups excluding carboxylic acids is 2. The Bertz CT molecular complexity index is 821. The molecule has 0 bridgehead atoms. The van der Waals surface area contributed by atoms with Gasteiger partial charge in [0, 0.05) is 17.5 Å². The number of benzene rings is 2. The SMILES string of the molecule is COC(=O)CCCCCCCCCCCCCCCc1ccc(C(=O)c2ccc(C)cc2)cc1. The number of ether oxygens (including phenoxy) is 1. The summed E-state index contributed by atoms with van der Waals surface area (Å²) in [7, 11) is 1.46. The number of aryl methyl sites for hydroxylation is 2. The molecular weight excluding hydrogens is 420 g/mol. The maximum Gasteiger partial charge on any atom is 0.305 e. The second-order valence-corrected chi connectivity index (χ2v) is 9.56. The van der Waals surface area contributed by atoms with Crippen molar-refractivity contribution in [1.29, 1.82) is 0 Å². The van der Waals surface area contributed by atoms with Gasteiger partial charge in [0.25, 0.3) is 0 Å². The van der Waals surface area contributed by atoms with Gasteiger partial charge in [0.2, 0.25) is 0 Å². The second kappa shape index (κ2) is 17.1. The lowest BCUT2D eigenvalue weighted by Crippen LogP contribution is -2.01. The van der Waals surface area contributed by atoms with E-state index in [0.717, 1.165) is 30.4 Å². The van der Waals surface area contributed by atoms with E-state index in [4.69, 9.17) is 0 Å². The van der Waals surface area contributed by atoms with Crippen LogP contribution in [0.25, 0.3) is 0 Å². The summed E-state index contributed by atoms with van der Waals surface area (Å²) in [5.74, 6) is 0.0168. The summed E-state index contributed by atoms with van der Waals surface area (Å²) in [5.41, 5.74) is 4.02. The molecule has 3 nitrogen and oxygen atoms in total. The fourth-order valence-electron chi connectivity index (χ4n) is 4.34. The first-order valence-corrected chi connectivity index (χ1v) is 13.4. The minimum Gasteiger partial charge on any atom is -0.469 e. The van der Waals surface area contributed by atoms with Crippen molar-refractivity contribution >= 4 is 11.8 Å². The van der Waals surface area contributed by atoms with E-state index in [1.54, 1.807) is 0 Å². The molecule has 0 unspecified atom stereocenters. The van der Waals surface area contributed by atoms with Crippen molar-refractivity contribution in [2.45, 2.75) is 103 Å². The Morgan fingerprint density at radius 2 is 1.00 bits per heavy atom. The van der Waals surface area contributed by atoms with E-state index in [0.29, 0.717) is 6.42 Å². The minimum absolute atomic E-state index is 0.0825. The first-order chi connectivity index (χ1) is 16.6. The van der Waals surface area contributed by atoms with Gasteiger partial charge in [-0.2, -0.15) is 0 Å². The molecule has 0 fully saturated rings. The Labute approximate surface area is 207 Å². The van der Waals surface area contributed by atoms with Crippen molar-refractivity contribution in [3.8, 4) is 0 Å². The van der Waals surface area contributed by atoms with Crippen LogP contribution in [0, 0.1) is 6.92 Å². The molecule has 186 valence electrons. The van der Waals surface area contributed by atoms with Crippen LogP contribution >= 0.6 is 0 Å². The standard InChI is InChI=1S/C31H44O3/c1-26-18-22-28(23-19-26)31(33)29-24-20-27(21-25-29)16-14-12-10-8-6-4-3-5-7-9-11-13-15-17-30(32)34-2/h18-25H,3-17H2,1-2H3. The third-order valence-corrected chi connectivity index (χ3v) is 6.60. The average Bonchev–Trinajstić information content (AvgIpc) is 2.86. The van der Waals surface area contributed by atoms with E-state index in [-0.39, 0.29) is 11.8 Å². The van der Waals surface area contributed by atoms with E-state index < -0.39 is 0 Å². The predicted molar refractivity (Wildman–Crippen MR) is 141 cm³/mol. The van der Waals surface area contributed by atoms with Crippen LogP contribution in [0.3, 0.4) is 0 Å². The molecule has 2 aromatic rings. The Hall–Kier alpha value is -2.42. The largest absolute Gasteiger partial charge is 0.469 e. The maximum atomic E-state index is 12.6. The molecule has 0 heterocycles. The Kier molecular flexibility index (Phi) is 14.0. The normalized spacial score (nSPS) is 10.9. The van der Waals surface area contributed by atoms with Gasteiger partial charge in [-0.15, -0.1) is 0 Å². The van der Waals surface area contributed by atoms with Crippen LogP contribution in [0.15, 0.2) is 48.5 Å². The molecule has 34 heavy (non-hydrogen) atoms. The molecule has 0 atom stereocenters. The van der Waals surface area contributed by atoms with Crippen LogP contribution < -0.4 is 0 Å². The minimum atomic E-state index is -0.0825. The van der Waals surface area contributed by atoms with Gasteiger partial charge in [-0.05, 0) is 31.7 Å². The van der Waals surface area contributed by atoms with E-state index in [1.165, 1.54) is 88.9 Å². The van der Waals surface area contributed by atoms with Crippen molar-refractivity contribution < 1.29 is 14.3 Å². The van der Waals surface area contributed by atoms with Crippen molar-refractivity contribution in [2.75, 3.05) is 7.11 Å². The predicted octanol–water partition coefficient (Wildman–Crippen LogP) is 8.40. The lowest BCUT2D eigenvalue weighted by Gasteiger charge is -2.05. The molecule has 2 rings (SSSR count). The zero-order chi connectivity index (χ0) is 24.4. The van der Waals surface area contributed by atoms with Gasteiger partial charge in [0.15, 0.2) is 5.78 Å². The van der Waals surface area contributed by atoms with Gasteiger partial charge < -0.3 is 4.74 Å². The third-order valence-electron chi connectivity index (χ3n) is 6.60. The first-order valence-electron chi connectivity index (χ1n) is 13.4. The smallest absolute Gasteiger partial charge is 0.305 e. The van der Waals surface area contributed by atoms with E-state index in [2.05, 4.69) is 16.9 Å². The highest BCUT2D eigenvalue weighted by atomic mass is 16.5. The number of methoxy groups -OCH3 is 1. The van der Waals surface area contributed by atoms with Gasteiger partial charge in [0.1, 0.15) is 0 Å². The van der Waals surface area contributed by atoms with Gasteiger partial charge in [-0.3, -0.25) is 9.59 Å². The Balaban J connectivity index is 1.43. The number of esters is 1. The quantitative estimate of drug-likeness (QED) is 0.126. The monoisotopic (exact) mass is 464 g/mol. The lowest BCUT2D eigenvalue weighted by atomic mass is 9.99. The summed E-state index contributed by atoms with van der Waals surface area (Å²) in [6.07, 6.45) is 18.2. The summed E-state index contributed by atoms with van der Waals surface area (Å²) < 4.78 is 4.66. The third kappa shape index (κ3) is 11.6. The number of ketones is 1. The van der Waals surface area contributed by atoms with Crippen molar-refractivity contribution in [3.63, 3.8) is 0 Å². The Morgan fingerprint density at radius 3 is 1.47 bits per heavy atom. The molecule has 3 heteroatoms. The highest BCUT2D eigenvalue weighted by Crippen LogP contribution is 2.16. The molecular formula is C31H44O3. The molecule has 0 radical (unpaired) electrons. The number of hydrogen-bond donors (Lipinski definition) is 0. The zero-order valence-electron chi connectivity index (χ0n) is 21.5. The summed E-state index contributed by atoms with van der Waals surface area (Å²) in [6, 6.07) is 16.0. The molecule has 0 amide bonds. The van der Waals surface area contributed by atoms with Gasteiger partial charge in [-0.1, -0.05) is 125 Å². The molecule has 0 N–H and O–H groups in total. The van der Waals surface area contributed by atoms with Gasteiger partial charge in [-0.25, -0.2) is 0 Å². The molecule has 0 saturated carbocycles. The van der Waals surface area contributed by atoms with Crippen LogP contribution in [0.2, 0.25) is 0 Å². The van der Waals surface area contributed by atoms with Crippen molar-refractivity contribution in [2.24, 2.45) is 0 Å². The zero-order valence-corrected chi connectivity index (χ0v) is 21.5. The molecule has 0 aromatic heterocycles. The molecule has 0 spiro atoms. The molecule has 2 aromatic carbocycles. The first kappa shape index (κ1) is 27.8. The molecule has 0 aliphatic carbocycles. The topological polar surface area (TPSA) is 43.4 Å². The fraction of sp³-hybridized carbons (Fsp3) is 0.548. The van der Waals surface area contributed by atoms with Crippen LogP contribution in [0.4, 0.5) is 0 Å². The van der Waals surface area contributed by atoms with Crippen LogP contribution in [0.1, 0.15) is 117 Å². The number of carbonyl (C=O) groups is 2. The van der Waals surface area contributed by atoms with Crippen LogP contribution in [0.5, 0.6) is 0 Å². The number of rotatable bonds is 18. The van der Waals surface area contributed by atoms with E-state index >= 15 is 0 Å². The van der Waals surface area contributed by atoms with Gasteiger partial charge >= 0.3 is 5.97 Å². The van der Waals surface area contributed by atoms with Crippen molar-refractivity contribution in [1.82, 2.24) is 0 Å². The van der Waals surface area contributed by atoms with Gasteiger partial charge in [0.05, 0.1) is 7.11 Å². The number of hydrogen-bond acceptors (Lipinski definition) is 3. The maximum absolute atomic E-state index is 12.6. The summed E-state index contributed by atoms with van der Waals surface area (Å²) in [6.45, 7) is 2.03. The fourth-order valence-corrected chi connectivity index (χ4v) is 4.34. The lowest BCUT2D eigenvalue weighted by molar-refractivity contribution is -0.140. The van der Waals surface area contributed by atoms with Crippen molar-refractivity contribution in [3.05, 3.63) is 70.8 Å². The van der Waals surface area contributed by atoms with Crippen LogP contribution in [-0.2, 0) is 16.0 Å². The Morgan fingerprint density at radius 1 is 0.588 bits per heavy atom. The summed E-state index contributed by atoms with van der Waals surface area (Å²) >= 11 is 0. The molecule has 0 aliphatic heterocycles. The van der Waals surface area contributed by atoms with Crippen LogP contribution in [-0.4, -0.2) is 18.9 Å². The molecule has 0 saturated heterocycles. The average molecular weight is 465 g/mol. The van der Waals surface area contributed by atoms with E-state index in [9.17, 15) is 9.59 Å². The van der Waals surface area contributed by atoms with E-state index in [1.807, 2.05) is 43.3 Å². The summed E-state index contributed by atoms with van der Waals surface area (Å²) in [4.78, 5) is 23.6.